The Labute approximate surface area is 96.2 Å². The summed E-state index contributed by atoms with van der Waals surface area (Å²) in [7, 11) is 0. The summed E-state index contributed by atoms with van der Waals surface area (Å²) in [4.78, 5) is 0. The van der Waals surface area contributed by atoms with Gasteiger partial charge >= 0.3 is 0 Å². The summed E-state index contributed by atoms with van der Waals surface area (Å²) in [6.45, 7) is 3.63. The molecule has 0 nitrogen and oxygen atoms in total. The smallest absolute Gasteiger partial charge is 0.0111 e. The third-order valence-electron chi connectivity index (χ3n) is 2.46. The molecule has 2 aromatic rings. The van der Waals surface area contributed by atoms with Crippen LogP contribution in [0, 0.1) is 0 Å². The van der Waals surface area contributed by atoms with Crippen LogP contribution in [0.3, 0.4) is 0 Å². The molecule has 0 aliphatic rings. The highest BCUT2D eigenvalue weighted by Crippen LogP contribution is 2.19. The maximum atomic E-state index is 3.63. The molecule has 0 heteroatoms. The first kappa shape index (κ1) is 10.4. The van der Waals surface area contributed by atoms with Crippen LogP contribution in [0.15, 0.2) is 73.3 Å². The van der Waals surface area contributed by atoms with Gasteiger partial charge in [0, 0.05) is 0 Å². The zero-order chi connectivity index (χ0) is 11.2. The normalized spacial score (nSPS) is 11.5. The number of fused-ring (bicyclic) bond motifs is 1. The summed E-state index contributed by atoms with van der Waals surface area (Å²) in [6, 6.07) is 14.7. The van der Waals surface area contributed by atoms with E-state index in [1.165, 1.54) is 16.3 Å². The molecule has 0 aromatic heterocycles. The lowest BCUT2D eigenvalue weighted by atomic mass is 10.0. The molecular formula is C16H14. The van der Waals surface area contributed by atoms with Gasteiger partial charge in [0.05, 0.1) is 0 Å². The van der Waals surface area contributed by atoms with Crippen LogP contribution in [0.5, 0.6) is 0 Å². The fraction of sp³-hybridized carbons (Fsp3) is 0. The first-order valence-electron chi connectivity index (χ1n) is 5.35. The molecule has 0 radical (unpaired) electrons. The maximum absolute atomic E-state index is 3.63. The van der Waals surface area contributed by atoms with E-state index in [1.54, 1.807) is 6.08 Å². The summed E-state index contributed by atoms with van der Waals surface area (Å²) >= 11 is 0. The van der Waals surface area contributed by atoms with Crippen LogP contribution in [0.25, 0.3) is 16.8 Å². The van der Waals surface area contributed by atoms with E-state index >= 15 is 0 Å². The van der Waals surface area contributed by atoms with Gasteiger partial charge < -0.3 is 0 Å². The van der Waals surface area contributed by atoms with Gasteiger partial charge in [-0.1, -0.05) is 79.4 Å². The van der Waals surface area contributed by atoms with Crippen LogP contribution < -0.4 is 0 Å². The molecule has 0 heterocycles. The molecule has 0 N–H and O–H groups in total. The second-order valence-corrected chi connectivity index (χ2v) is 3.55. The molecule has 0 saturated heterocycles. The van der Waals surface area contributed by atoms with Crippen molar-refractivity contribution in [3.8, 4) is 0 Å². The monoisotopic (exact) mass is 206 g/mol. The molecule has 16 heavy (non-hydrogen) atoms. The molecular weight excluding hydrogens is 192 g/mol. The molecule has 0 bridgehead atoms. The van der Waals surface area contributed by atoms with Gasteiger partial charge in [-0.05, 0) is 16.3 Å². The molecule has 0 saturated carbocycles. The summed E-state index contributed by atoms with van der Waals surface area (Å²) in [5, 5.41) is 2.56. The molecule has 0 aliphatic carbocycles. The lowest BCUT2D eigenvalue weighted by Crippen LogP contribution is -1.76. The number of hydrogen-bond acceptors (Lipinski definition) is 0. The molecule has 0 aliphatic heterocycles. The van der Waals surface area contributed by atoms with Gasteiger partial charge in [-0.3, -0.25) is 0 Å². The predicted octanol–water partition coefficient (Wildman–Crippen LogP) is 4.60. The van der Waals surface area contributed by atoms with Crippen molar-refractivity contribution < 1.29 is 0 Å². The zero-order valence-corrected chi connectivity index (χ0v) is 9.14. The van der Waals surface area contributed by atoms with E-state index in [2.05, 4.69) is 55.1 Å². The zero-order valence-electron chi connectivity index (χ0n) is 9.14. The summed E-state index contributed by atoms with van der Waals surface area (Å²) < 4.78 is 0. The van der Waals surface area contributed by atoms with Gasteiger partial charge in [0.15, 0.2) is 0 Å². The fourth-order valence-corrected chi connectivity index (χ4v) is 1.70. The number of benzene rings is 2. The van der Waals surface area contributed by atoms with E-state index in [0.717, 1.165) is 0 Å². The lowest BCUT2D eigenvalue weighted by Gasteiger charge is -2.00. The van der Waals surface area contributed by atoms with Crippen molar-refractivity contribution in [3.05, 3.63) is 78.9 Å². The van der Waals surface area contributed by atoms with Crippen molar-refractivity contribution in [1.82, 2.24) is 0 Å². The van der Waals surface area contributed by atoms with Crippen molar-refractivity contribution in [2.45, 2.75) is 0 Å². The van der Waals surface area contributed by atoms with E-state index < -0.39 is 0 Å². The Morgan fingerprint density at radius 1 is 0.812 bits per heavy atom. The Morgan fingerprint density at radius 2 is 1.62 bits per heavy atom. The highest BCUT2D eigenvalue weighted by Gasteiger charge is 1.94. The fourth-order valence-electron chi connectivity index (χ4n) is 1.70. The molecule has 0 unspecified atom stereocenters. The summed E-state index contributed by atoms with van der Waals surface area (Å²) in [6.07, 6.45) is 9.82. The average molecular weight is 206 g/mol. The highest BCUT2D eigenvalue weighted by atomic mass is 14.0. The van der Waals surface area contributed by atoms with Crippen LogP contribution in [0.4, 0.5) is 0 Å². The Hall–Kier alpha value is -2.08. The Kier molecular flexibility index (Phi) is 3.35. The van der Waals surface area contributed by atoms with Gasteiger partial charge in [0.25, 0.3) is 0 Å². The first-order valence-corrected chi connectivity index (χ1v) is 5.35. The van der Waals surface area contributed by atoms with E-state index in [1.807, 2.05) is 18.2 Å². The van der Waals surface area contributed by atoms with Crippen molar-refractivity contribution in [1.29, 1.82) is 0 Å². The lowest BCUT2D eigenvalue weighted by molar-refractivity contribution is 1.71. The topological polar surface area (TPSA) is 0 Å². The van der Waals surface area contributed by atoms with Gasteiger partial charge in [-0.25, -0.2) is 0 Å². The van der Waals surface area contributed by atoms with E-state index in [-0.39, 0.29) is 0 Å². The van der Waals surface area contributed by atoms with E-state index in [9.17, 15) is 0 Å². The predicted molar refractivity (Wildman–Crippen MR) is 72.3 cm³/mol. The van der Waals surface area contributed by atoms with Crippen LogP contribution in [0.2, 0.25) is 0 Å². The molecule has 2 rings (SSSR count). The van der Waals surface area contributed by atoms with Crippen LogP contribution in [0.1, 0.15) is 5.56 Å². The van der Waals surface area contributed by atoms with Gasteiger partial charge in [0.2, 0.25) is 0 Å². The summed E-state index contributed by atoms with van der Waals surface area (Å²) in [5.41, 5.74) is 1.24. The van der Waals surface area contributed by atoms with E-state index in [0.29, 0.717) is 0 Å². The number of allylic oxidation sites excluding steroid dienone is 4. The molecule has 0 spiro atoms. The van der Waals surface area contributed by atoms with Crippen LogP contribution in [-0.2, 0) is 0 Å². The van der Waals surface area contributed by atoms with Gasteiger partial charge in [-0.15, -0.1) is 0 Å². The minimum Gasteiger partial charge on any atom is -0.0991 e. The summed E-state index contributed by atoms with van der Waals surface area (Å²) in [5.74, 6) is 0. The average Bonchev–Trinajstić information content (AvgIpc) is 2.35. The largest absolute Gasteiger partial charge is 0.0991 e. The van der Waals surface area contributed by atoms with Crippen molar-refractivity contribution in [2.75, 3.05) is 0 Å². The third-order valence-corrected chi connectivity index (χ3v) is 2.46. The highest BCUT2D eigenvalue weighted by molar-refractivity contribution is 5.90. The Bertz CT molecular complexity index is 539. The minimum atomic E-state index is 1.24. The van der Waals surface area contributed by atoms with Crippen LogP contribution >= 0.6 is 0 Å². The third kappa shape index (κ3) is 2.29. The van der Waals surface area contributed by atoms with Gasteiger partial charge in [0.1, 0.15) is 0 Å². The van der Waals surface area contributed by atoms with Crippen molar-refractivity contribution in [2.24, 2.45) is 0 Å². The SMILES string of the molecule is C=C/C=C\C=C/c1cccc2ccccc12. The number of hydrogen-bond donors (Lipinski definition) is 0. The van der Waals surface area contributed by atoms with Gasteiger partial charge in [-0.2, -0.15) is 0 Å². The standard InChI is InChI=1S/C16H14/c1-2-3-4-5-9-14-11-8-12-15-10-6-7-13-16(14)15/h2-13H,1H2/b4-3-,9-5-. The second kappa shape index (κ2) is 5.13. The van der Waals surface area contributed by atoms with Crippen molar-refractivity contribution in [3.63, 3.8) is 0 Å². The van der Waals surface area contributed by atoms with Crippen LogP contribution in [-0.4, -0.2) is 0 Å². The molecule has 78 valence electrons. The Morgan fingerprint density at radius 3 is 2.50 bits per heavy atom. The maximum Gasteiger partial charge on any atom is -0.0111 e. The molecule has 0 amide bonds. The minimum absolute atomic E-state index is 1.24. The quantitative estimate of drug-likeness (QED) is 0.644. The molecule has 0 fully saturated rings. The first-order chi connectivity index (χ1) is 7.92. The van der Waals surface area contributed by atoms with E-state index in [4.69, 9.17) is 0 Å². The number of rotatable bonds is 3. The Balaban J connectivity index is 2.41. The molecule has 2 aromatic carbocycles. The van der Waals surface area contributed by atoms with Crippen molar-refractivity contribution >= 4 is 16.8 Å². The molecule has 0 atom stereocenters. The second-order valence-electron chi connectivity index (χ2n) is 3.55.